The number of halogens is 2. The molecular weight excluding hydrogens is 481 g/mol. The number of hydrogen-bond acceptors (Lipinski definition) is 3. The summed E-state index contributed by atoms with van der Waals surface area (Å²) in [5.74, 6) is -0.667. The molecule has 0 spiro atoms. The van der Waals surface area contributed by atoms with Crippen LogP contribution in [-0.4, -0.2) is 23.5 Å². The van der Waals surface area contributed by atoms with E-state index in [9.17, 15) is 19.1 Å². The van der Waals surface area contributed by atoms with Crippen LogP contribution in [-0.2, 0) is 11.4 Å². The molecule has 1 fully saturated rings. The Morgan fingerprint density at radius 1 is 0.972 bits per heavy atom. The first-order valence-corrected chi connectivity index (χ1v) is 12.3. The SMILES string of the molecule is O=C(O)c1cc(C2=C(c3cc(Cl)ccc3OCc3ccc(F)cc3)CCC2)cc(N2CCCC2=O)c1. The number of amides is 1. The Bertz CT molecular complexity index is 1370. The van der Waals surface area contributed by atoms with Crippen molar-refractivity contribution in [1.29, 1.82) is 0 Å². The summed E-state index contributed by atoms with van der Waals surface area (Å²) in [6.07, 6.45) is 3.70. The van der Waals surface area contributed by atoms with Gasteiger partial charge in [0.2, 0.25) is 5.91 Å². The maximum atomic E-state index is 13.3. The molecule has 2 aliphatic rings. The molecule has 184 valence electrons. The maximum absolute atomic E-state index is 13.3. The quantitative estimate of drug-likeness (QED) is 0.376. The molecule has 0 aromatic heterocycles. The lowest BCUT2D eigenvalue weighted by atomic mass is 9.94. The van der Waals surface area contributed by atoms with Crippen LogP contribution in [0.4, 0.5) is 10.1 Å². The molecular formula is C29H25ClFNO4. The maximum Gasteiger partial charge on any atom is 0.335 e. The second-order valence-electron chi connectivity index (χ2n) is 9.09. The fraction of sp³-hybridized carbons (Fsp3) is 0.241. The predicted molar refractivity (Wildman–Crippen MR) is 138 cm³/mol. The number of nitrogens with zero attached hydrogens (tertiary/aromatic N) is 1. The highest BCUT2D eigenvalue weighted by Gasteiger charge is 2.26. The number of anilines is 1. The van der Waals surface area contributed by atoms with Gasteiger partial charge in [0, 0.05) is 29.2 Å². The molecule has 5 rings (SSSR count). The Kier molecular flexibility index (Phi) is 6.79. The minimum absolute atomic E-state index is 0.00966. The minimum atomic E-state index is -1.03. The van der Waals surface area contributed by atoms with Gasteiger partial charge in [0.25, 0.3) is 0 Å². The highest BCUT2D eigenvalue weighted by Crippen LogP contribution is 2.44. The van der Waals surface area contributed by atoms with Crippen LogP contribution >= 0.6 is 11.6 Å². The molecule has 3 aromatic rings. The van der Waals surface area contributed by atoms with Gasteiger partial charge in [0.05, 0.1) is 5.56 Å². The highest BCUT2D eigenvalue weighted by molar-refractivity contribution is 6.30. The normalized spacial score (nSPS) is 15.6. The van der Waals surface area contributed by atoms with Gasteiger partial charge < -0.3 is 14.7 Å². The molecule has 0 saturated carbocycles. The topological polar surface area (TPSA) is 66.8 Å². The van der Waals surface area contributed by atoms with Gasteiger partial charge in [0.15, 0.2) is 0 Å². The molecule has 1 aliphatic heterocycles. The zero-order valence-electron chi connectivity index (χ0n) is 19.6. The van der Waals surface area contributed by atoms with Gasteiger partial charge in [-0.3, -0.25) is 4.79 Å². The molecule has 0 unspecified atom stereocenters. The number of ether oxygens (including phenoxy) is 1. The monoisotopic (exact) mass is 505 g/mol. The van der Waals surface area contributed by atoms with Crippen molar-refractivity contribution in [3.63, 3.8) is 0 Å². The van der Waals surface area contributed by atoms with Crippen LogP contribution in [0.3, 0.4) is 0 Å². The third kappa shape index (κ3) is 5.00. The summed E-state index contributed by atoms with van der Waals surface area (Å²) in [6, 6.07) is 16.8. The molecule has 1 N–H and O–H groups in total. The molecule has 0 radical (unpaired) electrons. The Balaban J connectivity index is 1.55. The third-order valence-corrected chi connectivity index (χ3v) is 6.93. The van der Waals surface area contributed by atoms with Gasteiger partial charge in [-0.2, -0.15) is 0 Å². The number of allylic oxidation sites excluding steroid dienone is 2. The van der Waals surface area contributed by atoms with E-state index in [1.54, 1.807) is 35.2 Å². The van der Waals surface area contributed by atoms with E-state index in [1.807, 2.05) is 18.2 Å². The van der Waals surface area contributed by atoms with Crippen molar-refractivity contribution in [3.05, 3.63) is 93.8 Å². The smallest absolute Gasteiger partial charge is 0.335 e. The lowest BCUT2D eigenvalue weighted by molar-refractivity contribution is -0.117. The van der Waals surface area contributed by atoms with Crippen molar-refractivity contribution in [3.8, 4) is 5.75 Å². The highest BCUT2D eigenvalue weighted by atomic mass is 35.5. The first kappa shape index (κ1) is 24.1. The molecule has 1 saturated heterocycles. The van der Waals surface area contributed by atoms with Crippen molar-refractivity contribution in [1.82, 2.24) is 0 Å². The Labute approximate surface area is 213 Å². The molecule has 1 aliphatic carbocycles. The van der Waals surface area contributed by atoms with E-state index < -0.39 is 5.97 Å². The molecule has 36 heavy (non-hydrogen) atoms. The summed E-state index contributed by atoms with van der Waals surface area (Å²) >= 11 is 6.38. The van der Waals surface area contributed by atoms with Crippen LogP contribution < -0.4 is 9.64 Å². The van der Waals surface area contributed by atoms with E-state index >= 15 is 0 Å². The van der Waals surface area contributed by atoms with Gasteiger partial charge in [-0.1, -0.05) is 23.7 Å². The molecule has 5 nitrogen and oxygen atoms in total. The number of benzene rings is 3. The Hall–Kier alpha value is -3.64. The number of carboxylic acid groups (broad SMARTS) is 1. The van der Waals surface area contributed by atoms with E-state index in [2.05, 4.69) is 0 Å². The van der Waals surface area contributed by atoms with Crippen molar-refractivity contribution in [2.75, 3.05) is 11.4 Å². The summed E-state index contributed by atoms with van der Waals surface area (Å²) in [6.45, 7) is 0.857. The van der Waals surface area contributed by atoms with Crippen LogP contribution in [0, 0.1) is 5.82 Å². The number of hydrogen-bond donors (Lipinski definition) is 1. The van der Waals surface area contributed by atoms with Crippen LogP contribution in [0.1, 0.15) is 59.2 Å². The zero-order valence-corrected chi connectivity index (χ0v) is 20.4. The van der Waals surface area contributed by atoms with Crippen molar-refractivity contribution in [2.45, 2.75) is 38.7 Å². The van der Waals surface area contributed by atoms with Gasteiger partial charge in [-0.05, 0) is 96.5 Å². The Morgan fingerprint density at radius 2 is 1.75 bits per heavy atom. The number of rotatable bonds is 7. The molecule has 1 heterocycles. The minimum Gasteiger partial charge on any atom is -0.488 e. The molecule has 0 atom stereocenters. The summed E-state index contributed by atoms with van der Waals surface area (Å²) in [7, 11) is 0. The molecule has 0 bridgehead atoms. The van der Waals surface area contributed by atoms with Crippen LogP contribution in [0.2, 0.25) is 5.02 Å². The molecule has 7 heteroatoms. The number of carbonyl (C=O) groups is 2. The van der Waals surface area contributed by atoms with Gasteiger partial charge >= 0.3 is 5.97 Å². The third-order valence-electron chi connectivity index (χ3n) is 6.69. The van der Waals surface area contributed by atoms with Gasteiger partial charge in [0.1, 0.15) is 18.2 Å². The average Bonchev–Trinajstić information content (AvgIpc) is 3.53. The first-order chi connectivity index (χ1) is 17.4. The van der Waals surface area contributed by atoms with Crippen LogP contribution in [0.25, 0.3) is 11.1 Å². The van der Waals surface area contributed by atoms with Crippen molar-refractivity contribution in [2.24, 2.45) is 0 Å². The average molecular weight is 506 g/mol. The fourth-order valence-corrected chi connectivity index (χ4v) is 5.12. The first-order valence-electron chi connectivity index (χ1n) is 12.0. The van der Waals surface area contributed by atoms with Crippen LogP contribution in [0.15, 0.2) is 60.7 Å². The van der Waals surface area contributed by atoms with Gasteiger partial charge in [-0.15, -0.1) is 0 Å². The van der Waals surface area contributed by atoms with Crippen molar-refractivity contribution >= 4 is 40.3 Å². The summed E-state index contributed by atoms with van der Waals surface area (Å²) in [5, 5.41) is 10.3. The van der Waals surface area contributed by atoms with Crippen LogP contribution in [0.5, 0.6) is 5.75 Å². The van der Waals surface area contributed by atoms with E-state index in [-0.39, 0.29) is 23.9 Å². The summed E-state index contributed by atoms with van der Waals surface area (Å²) < 4.78 is 19.4. The number of carbonyl (C=O) groups excluding carboxylic acids is 1. The number of aromatic carboxylic acids is 1. The van der Waals surface area contributed by atoms with E-state index in [1.165, 1.54) is 12.1 Å². The number of carboxylic acids is 1. The second-order valence-corrected chi connectivity index (χ2v) is 9.53. The fourth-order valence-electron chi connectivity index (χ4n) is 4.95. The Morgan fingerprint density at radius 3 is 2.47 bits per heavy atom. The van der Waals surface area contributed by atoms with E-state index in [0.717, 1.165) is 53.5 Å². The summed E-state index contributed by atoms with van der Waals surface area (Å²) in [5.41, 5.74) is 5.34. The van der Waals surface area contributed by atoms with Crippen molar-refractivity contribution < 1.29 is 23.8 Å². The zero-order chi connectivity index (χ0) is 25.2. The lowest BCUT2D eigenvalue weighted by Gasteiger charge is -2.19. The second kappa shape index (κ2) is 10.2. The molecule has 3 aromatic carbocycles. The standard InChI is InChI=1S/C29H25ClFNO4/c30-21-8-11-27(36-17-18-6-9-22(31)10-7-18)26(16-21)25-4-1-3-24(25)19-13-20(29(34)35)15-23(14-19)32-12-2-5-28(32)33/h6-11,13-16H,1-5,12,17H2,(H,34,35). The predicted octanol–water partition coefficient (Wildman–Crippen LogP) is 6.98. The lowest BCUT2D eigenvalue weighted by Crippen LogP contribution is -2.24. The van der Waals surface area contributed by atoms with E-state index in [4.69, 9.17) is 16.3 Å². The largest absolute Gasteiger partial charge is 0.488 e. The van der Waals surface area contributed by atoms with Gasteiger partial charge in [-0.25, -0.2) is 9.18 Å². The molecule has 1 amide bonds. The summed E-state index contributed by atoms with van der Waals surface area (Å²) in [4.78, 5) is 26.0. The van der Waals surface area contributed by atoms with E-state index in [0.29, 0.717) is 29.4 Å².